The molecule has 0 N–H and O–H groups in total. The van der Waals surface area contributed by atoms with E-state index in [1.54, 1.807) is 24.8 Å². The molecular formula is C71H120N8O4. The summed E-state index contributed by atoms with van der Waals surface area (Å²) < 4.78 is 13.9. The topological polar surface area (TPSA) is 128 Å². The van der Waals surface area contributed by atoms with Crippen LogP contribution in [0.2, 0.25) is 0 Å². The van der Waals surface area contributed by atoms with Crippen molar-refractivity contribution in [2.24, 2.45) is 23.4 Å². The van der Waals surface area contributed by atoms with Crippen molar-refractivity contribution >= 4 is 18.0 Å². The summed E-state index contributed by atoms with van der Waals surface area (Å²) >= 11 is 0. The van der Waals surface area contributed by atoms with Crippen molar-refractivity contribution in [1.82, 2.24) is 34.3 Å². The Morgan fingerprint density at radius 3 is 1.40 bits per heavy atom. The van der Waals surface area contributed by atoms with Crippen molar-refractivity contribution in [3.05, 3.63) is 162 Å². The van der Waals surface area contributed by atoms with E-state index in [1.807, 2.05) is 198 Å². The molecule has 468 valence electrons. The van der Waals surface area contributed by atoms with Crippen LogP contribution in [-0.4, -0.2) is 70.9 Å². The lowest BCUT2D eigenvalue weighted by molar-refractivity contribution is 0.0722. The number of aliphatic imine (C=N–C) groups is 1. The van der Waals surface area contributed by atoms with Gasteiger partial charge in [0.25, 0.3) is 11.8 Å². The number of carbonyl (C=O) groups excluding carboxylic acids is 2. The number of nitrogens with zero attached hydrogens (tertiary/aromatic N) is 8. The number of aryl methyl sites for hydroxylation is 1. The summed E-state index contributed by atoms with van der Waals surface area (Å²) in [5.41, 5.74) is 6.91. The molecule has 6 aromatic rings. The van der Waals surface area contributed by atoms with Crippen LogP contribution in [-0.2, 0) is 41.9 Å². The van der Waals surface area contributed by atoms with Crippen molar-refractivity contribution in [1.29, 1.82) is 0 Å². The number of hydrogen-bond donors (Lipinski definition) is 0. The highest BCUT2D eigenvalue weighted by molar-refractivity contribution is 5.98. The standard InChI is InChI=1S/C11H13NO.C10H12N2O.C9H15N.C8H14N2.C8H13N.C8H12O.C7H11NO.5C2H6/c1-8(2)12-7-9-5-3-4-6-10(9)11(12)13;1-7(2)12-6-9-8(10(12)13)4-3-5-11-9;1-9(2,3)8-5-4-6-10-7-8;1-8(2,3)7-5-6-10(4)9-7;1-8(2,3)9-6-4-5-7-9;1-8(2,3)7-5-4-6-9-7;1-7(2,3)6-4-5-9-8-6;5*1-2/h3-6,8H,7H2,1-2H3;3-5,7H,6H2,1-2H3;4-6,8H,7H2,1-3H3;5-6H,1-4H3;4-7H,1-3H3;4-6H,1-3H3;4-5H,1-3H3;5*1-2H3. The Bertz CT molecular complexity index is 2410. The Labute approximate surface area is 508 Å². The molecular weight excluding hydrogens is 1030 g/mol. The van der Waals surface area contributed by atoms with Crippen molar-refractivity contribution in [3.8, 4) is 0 Å². The van der Waals surface area contributed by atoms with Gasteiger partial charge in [-0.1, -0.05) is 182 Å². The highest BCUT2D eigenvalue weighted by atomic mass is 16.5. The monoisotopic (exact) mass is 1150 g/mol. The molecule has 2 amide bonds. The van der Waals surface area contributed by atoms with Crippen LogP contribution in [0.3, 0.4) is 0 Å². The summed E-state index contributed by atoms with van der Waals surface area (Å²) in [5.74, 6) is 1.95. The minimum absolute atomic E-state index is 0.109. The molecule has 8 heterocycles. The molecule has 5 aromatic heterocycles. The quantitative estimate of drug-likeness (QED) is 0.169. The zero-order valence-electron chi connectivity index (χ0n) is 58.2. The predicted molar refractivity (Wildman–Crippen MR) is 357 cm³/mol. The van der Waals surface area contributed by atoms with Crippen LogP contribution in [0, 0.1) is 11.3 Å². The number of fused-ring (bicyclic) bond motifs is 2. The number of amides is 2. The van der Waals surface area contributed by atoms with Gasteiger partial charge >= 0.3 is 0 Å². The number of carbonyl (C=O) groups is 2. The lowest BCUT2D eigenvalue weighted by Crippen LogP contribution is -2.30. The summed E-state index contributed by atoms with van der Waals surface area (Å²) in [4.78, 5) is 35.6. The third kappa shape index (κ3) is 30.7. The van der Waals surface area contributed by atoms with Gasteiger partial charge in [-0.25, -0.2) is 0 Å². The van der Waals surface area contributed by atoms with E-state index >= 15 is 0 Å². The van der Waals surface area contributed by atoms with Gasteiger partial charge in [-0.15, -0.1) is 0 Å². The molecule has 1 unspecified atom stereocenters. The summed E-state index contributed by atoms with van der Waals surface area (Å²) in [6, 6.07) is 24.0. The van der Waals surface area contributed by atoms with Crippen LogP contribution in [0.5, 0.6) is 0 Å². The second kappa shape index (κ2) is 40.8. The number of allylic oxidation sites excluding steroid dienone is 1. The Hall–Kier alpha value is -6.30. The maximum atomic E-state index is 11.8. The minimum Gasteiger partial charge on any atom is -0.469 e. The fourth-order valence-corrected chi connectivity index (χ4v) is 7.20. The van der Waals surface area contributed by atoms with E-state index in [2.05, 4.69) is 153 Å². The predicted octanol–water partition coefficient (Wildman–Crippen LogP) is 19.4. The molecule has 0 saturated heterocycles. The first-order chi connectivity index (χ1) is 38.8. The van der Waals surface area contributed by atoms with Gasteiger partial charge in [0.2, 0.25) is 0 Å². The van der Waals surface area contributed by atoms with Gasteiger partial charge in [0.1, 0.15) is 12.0 Å². The van der Waals surface area contributed by atoms with Gasteiger partial charge in [0.15, 0.2) is 0 Å². The van der Waals surface area contributed by atoms with E-state index in [0.29, 0.717) is 23.9 Å². The number of pyridine rings is 1. The van der Waals surface area contributed by atoms with Crippen LogP contribution < -0.4 is 0 Å². The Balaban J connectivity index is -0.000000880. The third-order valence-electron chi connectivity index (χ3n) is 12.1. The van der Waals surface area contributed by atoms with Crippen LogP contribution in [0.1, 0.15) is 250 Å². The molecule has 1 atom stereocenters. The summed E-state index contributed by atoms with van der Waals surface area (Å²) in [6.45, 7) is 63.0. The van der Waals surface area contributed by atoms with Crippen LogP contribution in [0.25, 0.3) is 0 Å². The SMILES string of the molecule is CC.CC.CC.CC.CC.CC(C)(C)C1C=CC=NC1.CC(C)(C)c1ccco1.CC(C)(C)c1ccon1.CC(C)(C)n1cccc1.CC(C)N1Cc2ccccc2C1=O.CC(C)N1Cc2ncccc2C1=O.Cn1ccc(C(C)(C)C)n1. The van der Waals surface area contributed by atoms with E-state index in [-0.39, 0.29) is 39.6 Å². The average molecular weight is 1150 g/mol. The van der Waals surface area contributed by atoms with E-state index < -0.39 is 0 Å². The van der Waals surface area contributed by atoms with Gasteiger partial charge in [-0.2, -0.15) is 5.10 Å². The number of dihydropyridines is 1. The molecule has 12 heteroatoms. The molecule has 9 rings (SSSR count). The second-order valence-corrected chi connectivity index (χ2v) is 24.3. The molecule has 3 aliphatic rings. The highest BCUT2D eigenvalue weighted by Gasteiger charge is 2.30. The molecule has 12 nitrogen and oxygen atoms in total. The van der Waals surface area contributed by atoms with E-state index in [0.717, 1.165) is 52.6 Å². The van der Waals surface area contributed by atoms with E-state index in [1.165, 1.54) is 0 Å². The Kier molecular flexibility index (Phi) is 39.8. The summed E-state index contributed by atoms with van der Waals surface area (Å²) in [7, 11) is 1.94. The minimum atomic E-state index is 0.109. The normalized spacial score (nSPS) is 13.5. The van der Waals surface area contributed by atoms with Gasteiger partial charge < -0.3 is 23.3 Å². The van der Waals surface area contributed by atoms with Gasteiger partial charge in [-0.05, 0) is 114 Å². The Morgan fingerprint density at radius 2 is 1.07 bits per heavy atom. The Morgan fingerprint density at radius 1 is 0.554 bits per heavy atom. The lowest BCUT2D eigenvalue weighted by atomic mass is 9.80. The smallest absolute Gasteiger partial charge is 0.256 e. The van der Waals surface area contributed by atoms with Crippen molar-refractivity contribution in [2.45, 2.75) is 248 Å². The maximum absolute atomic E-state index is 11.8. The molecule has 0 bridgehead atoms. The van der Waals surface area contributed by atoms with Crippen molar-refractivity contribution < 1.29 is 18.5 Å². The lowest BCUT2D eigenvalue weighted by Gasteiger charge is -2.27. The third-order valence-corrected chi connectivity index (χ3v) is 12.1. The highest BCUT2D eigenvalue weighted by Crippen LogP contribution is 2.29. The molecule has 83 heavy (non-hydrogen) atoms. The first kappa shape index (κ1) is 80.9. The van der Waals surface area contributed by atoms with Gasteiger partial charge in [0.05, 0.1) is 35.5 Å². The van der Waals surface area contributed by atoms with E-state index in [9.17, 15) is 9.59 Å². The molecule has 0 aliphatic carbocycles. The number of benzene rings is 1. The van der Waals surface area contributed by atoms with Crippen LogP contribution in [0.15, 0.2) is 136 Å². The van der Waals surface area contributed by atoms with Gasteiger partial charge in [0, 0.05) is 103 Å². The largest absolute Gasteiger partial charge is 0.469 e. The number of aromatic nitrogens is 5. The maximum Gasteiger partial charge on any atom is 0.256 e. The molecule has 0 saturated carbocycles. The number of furan rings is 1. The molecule has 1 aromatic carbocycles. The zero-order valence-corrected chi connectivity index (χ0v) is 58.2. The fraction of sp³-hybridized carbons (Fsp3) is 0.577. The molecule has 3 aliphatic heterocycles. The van der Waals surface area contributed by atoms with E-state index in [4.69, 9.17) is 8.94 Å². The number of rotatable bonds is 2. The zero-order chi connectivity index (χ0) is 65.0. The first-order valence-corrected chi connectivity index (χ1v) is 30.7. The summed E-state index contributed by atoms with van der Waals surface area (Å²) in [5, 5.41) is 8.11. The van der Waals surface area contributed by atoms with Crippen LogP contribution in [0.4, 0.5) is 0 Å². The second-order valence-electron chi connectivity index (χ2n) is 24.3. The molecule has 0 fully saturated rings. The average Bonchev–Trinajstić information content (AvgIpc) is 4.54. The fourth-order valence-electron chi connectivity index (χ4n) is 7.20. The van der Waals surface area contributed by atoms with Crippen LogP contribution >= 0.6 is 0 Å². The van der Waals surface area contributed by atoms with Crippen molar-refractivity contribution in [2.75, 3.05) is 6.54 Å². The first-order valence-electron chi connectivity index (χ1n) is 30.7. The van der Waals surface area contributed by atoms with Crippen molar-refractivity contribution in [3.63, 3.8) is 0 Å². The number of hydrogen-bond acceptors (Lipinski definition) is 8. The van der Waals surface area contributed by atoms with Gasteiger partial charge in [-0.3, -0.25) is 24.2 Å². The molecule has 0 radical (unpaired) electrons. The summed E-state index contributed by atoms with van der Waals surface area (Å²) in [6.07, 6.45) is 17.3. The molecule has 0 spiro atoms.